The van der Waals surface area contributed by atoms with Gasteiger partial charge < -0.3 is 33.5 Å². The van der Waals surface area contributed by atoms with E-state index >= 15 is 0 Å². The Morgan fingerprint density at radius 2 is 1.52 bits per heavy atom. The van der Waals surface area contributed by atoms with Crippen LogP contribution in [-0.2, 0) is 4.74 Å². The average Bonchev–Trinajstić information content (AvgIpc) is 2.71. The Morgan fingerprint density at radius 3 is 2.11 bits per heavy atom. The lowest BCUT2D eigenvalue weighted by Gasteiger charge is -2.37. The van der Waals surface area contributed by atoms with Gasteiger partial charge in [-0.2, -0.15) is 0 Å². The number of fused-ring (bicyclic) bond motifs is 1. The number of aliphatic hydroxyl groups is 1. The molecule has 2 aromatic rings. The first-order chi connectivity index (χ1) is 13.1. The second-order valence-electron chi connectivity index (χ2n) is 6.04. The molecule has 0 unspecified atom stereocenters. The van der Waals surface area contributed by atoms with E-state index in [1.165, 1.54) is 14.2 Å². The minimum absolute atomic E-state index is 0.477. The summed E-state index contributed by atoms with van der Waals surface area (Å²) >= 11 is 0. The van der Waals surface area contributed by atoms with Crippen molar-refractivity contribution in [2.45, 2.75) is 18.3 Å². The van der Waals surface area contributed by atoms with Gasteiger partial charge in [-0.25, -0.2) is 0 Å². The van der Waals surface area contributed by atoms with Crippen molar-refractivity contribution in [3.63, 3.8) is 0 Å². The first-order valence-corrected chi connectivity index (χ1v) is 8.43. The van der Waals surface area contributed by atoms with Crippen LogP contribution in [0.25, 0.3) is 0 Å². The van der Waals surface area contributed by atoms with Gasteiger partial charge in [-0.3, -0.25) is 0 Å². The first-order valence-electron chi connectivity index (χ1n) is 8.43. The minimum atomic E-state index is -0.947. The highest BCUT2D eigenvalue weighted by Gasteiger charge is 2.41. The number of hydrogen-bond donors (Lipinski definition) is 1. The van der Waals surface area contributed by atoms with Gasteiger partial charge in [-0.05, 0) is 17.7 Å². The summed E-state index contributed by atoms with van der Waals surface area (Å²) < 4.78 is 33.2. The maximum absolute atomic E-state index is 11.0. The Hall–Kier alpha value is -2.64. The largest absolute Gasteiger partial charge is 0.496 e. The highest BCUT2D eigenvalue weighted by molar-refractivity contribution is 5.54. The zero-order chi connectivity index (χ0) is 19.6. The molecule has 1 aliphatic heterocycles. The molecule has 0 radical (unpaired) electrons. The molecular weight excluding hydrogens is 352 g/mol. The van der Waals surface area contributed by atoms with E-state index in [1.807, 2.05) is 12.1 Å². The third kappa shape index (κ3) is 3.36. The van der Waals surface area contributed by atoms with Crippen LogP contribution in [-0.4, -0.2) is 46.8 Å². The summed E-state index contributed by atoms with van der Waals surface area (Å²) in [5.41, 5.74) is 1.31. The molecule has 1 heterocycles. The zero-order valence-corrected chi connectivity index (χ0v) is 16.0. The molecule has 0 saturated carbocycles. The highest BCUT2D eigenvalue weighted by atomic mass is 16.6. The second-order valence-corrected chi connectivity index (χ2v) is 6.04. The van der Waals surface area contributed by atoms with Crippen molar-refractivity contribution in [2.24, 2.45) is 0 Å². The Kier molecular flexibility index (Phi) is 5.62. The summed E-state index contributed by atoms with van der Waals surface area (Å²) in [5.74, 6) is 2.70. The van der Waals surface area contributed by atoms with Gasteiger partial charge in [0.15, 0.2) is 17.6 Å². The number of ether oxygens (including phenoxy) is 6. The molecule has 146 valence electrons. The predicted octanol–water partition coefficient (Wildman–Crippen LogP) is 2.90. The van der Waals surface area contributed by atoms with Gasteiger partial charge in [0.25, 0.3) is 0 Å². The van der Waals surface area contributed by atoms with Gasteiger partial charge in [0.05, 0.1) is 34.0 Å². The summed E-state index contributed by atoms with van der Waals surface area (Å²) in [7, 11) is 7.77. The van der Waals surface area contributed by atoms with Crippen LogP contribution in [0.2, 0.25) is 0 Å². The predicted molar refractivity (Wildman–Crippen MR) is 98.2 cm³/mol. The molecule has 0 amide bonds. The van der Waals surface area contributed by atoms with Crippen LogP contribution in [0.4, 0.5) is 0 Å². The maximum Gasteiger partial charge on any atom is 0.161 e. The molecular formula is C20H24O7. The van der Waals surface area contributed by atoms with Crippen LogP contribution in [0, 0.1) is 0 Å². The molecule has 0 aliphatic carbocycles. The van der Waals surface area contributed by atoms with E-state index in [-0.39, 0.29) is 0 Å². The summed E-state index contributed by atoms with van der Waals surface area (Å²) in [6.45, 7) is 0. The molecule has 1 N–H and O–H groups in total. The maximum atomic E-state index is 11.0. The second kappa shape index (κ2) is 7.94. The van der Waals surface area contributed by atoms with E-state index in [0.29, 0.717) is 34.3 Å². The molecule has 3 rings (SSSR count). The molecule has 7 heteroatoms. The van der Waals surface area contributed by atoms with Crippen LogP contribution in [0.3, 0.4) is 0 Å². The Morgan fingerprint density at radius 1 is 0.815 bits per heavy atom. The lowest BCUT2D eigenvalue weighted by atomic mass is 9.91. The van der Waals surface area contributed by atoms with Crippen molar-refractivity contribution in [3.8, 4) is 28.7 Å². The smallest absolute Gasteiger partial charge is 0.161 e. The average molecular weight is 376 g/mol. The number of aliphatic hydroxyl groups excluding tert-OH is 1. The van der Waals surface area contributed by atoms with Crippen molar-refractivity contribution in [1.29, 1.82) is 0 Å². The van der Waals surface area contributed by atoms with E-state index in [2.05, 4.69) is 0 Å². The first kappa shape index (κ1) is 19.1. The van der Waals surface area contributed by atoms with E-state index in [4.69, 9.17) is 28.4 Å². The van der Waals surface area contributed by atoms with E-state index < -0.39 is 18.3 Å². The molecule has 0 bridgehead atoms. The number of rotatable bonds is 6. The summed E-state index contributed by atoms with van der Waals surface area (Å²) in [6, 6.07) is 8.88. The lowest BCUT2D eigenvalue weighted by molar-refractivity contribution is -0.0924. The monoisotopic (exact) mass is 376 g/mol. The van der Waals surface area contributed by atoms with E-state index in [9.17, 15) is 5.11 Å². The summed E-state index contributed by atoms with van der Waals surface area (Å²) in [4.78, 5) is 0. The highest BCUT2D eigenvalue weighted by Crippen LogP contribution is 2.48. The normalized spacial score (nSPS) is 21.0. The van der Waals surface area contributed by atoms with E-state index in [1.54, 1.807) is 39.5 Å². The lowest BCUT2D eigenvalue weighted by Crippen LogP contribution is -2.36. The molecule has 3 atom stereocenters. The van der Waals surface area contributed by atoms with Gasteiger partial charge in [0.2, 0.25) is 0 Å². The van der Waals surface area contributed by atoms with Crippen LogP contribution >= 0.6 is 0 Å². The van der Waals surface area contributed by atoms with Gasteiger partial charge in [0, 0.05) is 19.2 Å². The Balaban J connectivity index is 2.09. The standard InChI is InChI=1S/C20H24O7/c1-22-12-9-15(25-4)17-16(10-12)27-19(20(26-5)18(17)21)11-6-7-13(23-2)14(8-11)24-3/h6-10,18-21H,1-5H3/t18-,19-,20-/m0/s1. The Labute approximate surface area is 158 Å². The molecule has 0 spiro atoms. The van der Waals surface area contributed by atoms with Crippen LogP contribution in [0.15, 0.2) is 30.3 Å². The molecule has 27 heavy (non-hydrogen) atoms. The Bertz CT molecular complexity index is 805. The topological polar surface area (TPSA) is 75.6 Å². The fourth-order valence-corrected chi connectivity index (χ4v) is 3.33. The molecule has 2 aromatic carbocycles. The summed E-state index contributed by atoms with van der Waals surface area (Å²) in [6.07, 6.45) is -2.15. The third-order valence-electron chi connectivity index (χ3n) is 4.70. The number of benzene rings is 2. The third-order valence-corrected chi connectivity index (χ3v) is 4.70. The van der Waals surface area contributed by atoms with Gasteiger partial charge in [-0.1, -0.05) is 6.07 Å². The number of hydrogen-bond acceptors (Lipinski definition) is 7. The fraction of sp³-hybridized carbons (Fsp3) is 0.400. The number of methoxy groups -OCH3 is 5. The SMILES string of the molecule is COc1cc(OC)c2c(c1)O[C@@H](c1ccc(OC)c(OC)c1)[C@@H](OC)[C@H]2O. The molecule has 0 saturated heterocycles. The van der Waals surface area contributed by atoms with Gasteiger partial charge >= 0.3 is 0 Å². The van der Waals surface area contributed by atoms with Crippen LogP contribution in [0.5, 0.6) is 28.7 Å². The van der Waals surface area contributed by atoms with Crippen molar-refractivity contribution in [2.75, 3.05) is 35.5 Å². The zero-order valence-electron chi connectivity index (χ0n) is 16.0. The fourth-order valence-electron chi connectivity index (χ4n) is 3.33. The van der Waals surface area contributed by atoms with Crippen LogP contribution in [0.1, 0.15) is 23.3 Å². The summed E-state index contributed by atoms with van der Waals surface area (Å²) in [5, 5.41) is 11.0. The molecule has 0 aromatic heterocycles. The quantitative estimate of drug-likeness (QED) is 0.831. The van der Waals surface area contributed by atoms with Gasteiger partial charge in [0.1, 0.15) is 29.5 Å². The van der Waals surface area contributed by atoms with Crippen molar-refractivity contribution in [1.82, 2.24) is 0 Å². The van der Waals surface area contributed by atoms with Crippen molar-refractivity contribution >= 4 is 0 Å². The van der Waals surface area contributed by atoms with Crippen molar-refractivity contribution < 1.29 is 33.5 Å². The van der Waals surface area contributed by atoms with Crippen molar-refractivity contribution in [3.05, 3.63) is 41.5 Å². The molecule has 0 fully saturated rings. The minimum Gasteiger partial charge on any atom is -0.496 e. The van der Waals surface area contributed by atoms with E-state index in [0.717, 1.165) is 5.56 Å². The van der Waals surface area contributed by atoms with Crippen LogP contribution < -0.4 is 23.7 Å². The van der Waals surface area contributed by atoms with Gasteiger partial charge in [-0.15, -0.1) is 0 Å². The molecule has 7 nitrogen and oxygen atoms in total. The molecule has 1 aliphatic rings.